The third kappa shape index (κ3) is 3.70. The van der Waals surface area contributed by atoms with Gasteiger partial charge in [-0.2, -0.15) is 10.2 Å². The van der Waals surface area contributed by atoms with Gasteiger partial charge >= 0.3 is 0 Å². The minimum atomic E-state index is 0.641. The molecular weight excluding hydrogens is 376 g/mol. The number of pyridine rings is 1. The number of ether oxygens (including phenoxy) is 2. The van der Waals surface area contributed by atoms with E-state index in [1.54, 1.807) is 26.0 Å². The minimum Gasteiger partial charge on any atom is -0.493 e. The molecule has 4 rings (SSSR count). The van der Waals surface area contributed by atoms with E-state index in [4.69, 9.17) is 14.5 Å². The minimum absolute atomic E-state index is 0.641. The molecule has 2 aromatic heterocycles. The fraction of sp³-hybridized carbons (Fsp3) is 0.375. The van der Waals surface area contributed by atoms with Gasteiger partial charge in [0.1, 0.15) is 5.82 Å². The monoisotopic (exact) mass is 404 g/mol. The van der Waals surface area contributed by atoms with Crippen LogP contribution in [-0.4, -0.2) is 42.5 Å². The molecule has 0 aliphatic carbocycles. The third-order valence-electron chi connectivity index (χ3n) is 5.88. The molecule has 6 heteroatoms. The number of rotatable bonds is 4. The van der Waals surface area contributed by atoms with Crippen LogP contribution in [0.5, 0.6) is 11.5 Å². The fourth-order valence-electron chi connectivity index (χ4n) is 4.15. The summed E-state index contributed by atoms with van der Waals surface area (Å²) in [5.74, 6) is 2.38. The molecule has 6 nitrogen and oxygen atoms in total. The highest BCUT2D eigenvalue weighted by Crippen LogP contribution is 2.36. The van der Waals surface area contributed by atoms with E-state index in [2.05, 4.69) is 41.9 Å². The topological polar surface area (TPSA) is 60.4 Å². The Labute approximate surface area is 177 Å². The summed E-state index contributed by atoms with van der Waals surface area (Å²) >= 11 is 0. The van der Waals surface area contributed by atoms with Crippen LogP contribution >= 0.6 is 0 Å². The van der Waals surface area contributed by atoms with Crippen molar-refractivity contribution in [3.63, 3.8) is 0 Å². The molecule has 1 aliphatic heterocycles. The average molecular weight is 405 g/mol. The quantitative estimate of drug-likeness (QED) is 0.573. The number of aromatic nitrogens is 3. The van der Waals surface area contributed by atoms with E-state index in [0.717, 1.165) is 53.8 Å². The second-order valence-corrected chi connectivity index (χ2v) is 7.94. The van der Waals surface area contributed by atoms with Crippen LogP contribution in [0.1, 0.15) is 32.3 Å². The maximum Gasteiger partial charge on any atom is 0.162 e. The maximum absolute atomic E-state index is 5.48. The van der Waals surface area contributed by atoms with Gasteiger partial charge in [-0.15, -0.1) is 0 Å². The van der Waals surface area contributed by atoms with Crippen molar-refractivity contribution in [3.05, 3.63) is 47.3 Å². The first kappa shape index (κ1) is 20.1. The van der Waals surface area contributed by atoms with E-state index < -0.39 is 0 Å². The smallest absolute Gasteiger partial charge is 0.162 e. The summed E-state index contributed by atoms with van der Waals surface area (Å²) in [6.07, 6.45) is 5.95. The summed E-state index contributed by atoms with van der Waals surface area (Å²) in [5, 5.41) is 9.43. The zero-order chi connectivity index (χ0) is 21.3. The van der Waals surface area contributed by atoms with Crippen LogP contribution in [0.15, 0.2) is 41.7 Å². The normalized spacial score (nSPS) is 14.2. The van der Waals surface area contributed by atoms with Gasteiger partial charge in [0.2, 0.25) is 0 Å². The van der Waals surface area contributed by atoms with E-state index in [9.17, 15) is 0 Å². The lowest BCUT2D eigenvalue weighted by Gasteiger charge is -2.31. The summed E-state index contributed by atoms with van der Waals surface area (Å²) in [5.41, 5.74) is 6.97. The molecule has 3 heterocycles. The third-order valence-corrected chi connectivity index (χ3v) is 5.88. The lowest BCUT2D eigenvalue weighted by Crippen LogP contribution is -2.32. The van der Waals surface area contributed by atoms with Gasteiger partial charge < -0.3 is 14.4 Å². The molecule has 0 radical (unpaired) electrons. The van der Waals surface area contributed by atoms with Crippen LogP contribution in [0.2, 0.25) is 0 Å². The van der Waals surface area contributed by atoms with Crippen LogP contribution in [0.4, 0.5) is 5.82 Å². The molecule has 1 fully saturated rings. The largest absolute Gasteiger partial charge is 0.493 e. The molecule has 3 aromatic rings. The van der Waals surface area contributed by atoms with Gasteiger partial charge in [-0.25, -0.2) is 4.98 Å². The van der Waals surface area contributed by atoms with Gasteiger partial charge in [0, 0.05) is 41.9 Å². The SMILES string of the molecule is COc1cc2nncc(-c3cnc(N4CCC(=C(C)C)CC4)c(C)c3)c2cc1OC. The summed E-state index contributed by atoms with van der Waals surface area (Å²) < 4.78 is 10.9. The predicted octanol–water partition coefficient (Wildman–Crippen LogP) is 4.95. The fourth-order valence-corrected chi connectivity index (χ4v) is 4.15. The highest BCUT2D eigenvalue weighted by atomic mass is 16.5. The van der Waals surface area contributed by atoms with Crippen LogP contribution in [-0.2, 0) is 0 Å². The summed E-state index contributed by atoms with van der Waals surface area (Å²) in [7, 11) is 3.26. The molecule has 156 valence electrons. The Kier molecular flexibility index (Phi) is 5.57. The molecule has 1 saturated heterocycles. The Bertz CT molecular complexity index is 1110. The van der Waals surface area contributed by atoms with Gasteiger partial charge in [-0.1, -0.05) is 11.1 Å². The predicted molar refractivity (Wildman–Crippen MR) is 120 cm³/mol. The molecule has 0 saturated carbocycles. The van der Waals surface area contributed by atoms with Crippen LogP contribution in [0, 0.1) is 6.92 Å². The molecule has 0 bridgehead atoms. The van der Waals surface area contributed by atoms with Crippen molar-refractivity contribution in [2.75, 3.05) is 32.2 Å². The first-order chi connectivity index (χ1) is 14.5. The van der Waals surface area contributed by atoms with Crippen molar-refractivity contribution in [3.8, 4) is 22.6 Å². The van der Waals surface area contributed by atoms with E-state index in [0.29, 0.717) is 11.5 Å². The molecule has 1 aromatic carbocycles. The average Bonchev–Trinajstić information content (AvgIpc) is 2.77. The number of nitrogens with zero attached hydrogens (tertiary/aromatic N) is 4. The number of methoxy groups -OCH3 is 2. The number of benzene rings is 1. The van der Waals surface area contributed by atoms with Gasteiger partial charge in [0.05, 0.1) is 25.9 Å². The van der Waals surface area contributed by atoms with Crippen LogP contribution in [0.25, 0.3) is 22.0 Å². The standard InChI is InChI=1S/C24H28N4O2/c1-15(2)17-6-8-28(9-7-17)24-16(3)10-18(13-25-24)20-14-26-27-21-12-23(30-5)22(29-4)11-19(20)21/h10-14H,6-9H2,1-5H3. The molecule has 0 amide bonds. The Hall–Kier alpha value is -3.15. The van der Waals surface area contributed by atoms with E-state index in [-0.39, 0.29) is 0 Å². The number of hydrogen-bond donors (Lipinski definition) is 0. The first-order valence-electron chi connectivity index (χ1n) is 10.3. The summed E-state index contributed by atoms with van der Waals surface area (Å²) in [6, 6.07) is 5.99. The van der Waals surface area contributed by atoms with E-state index in [1.165, 1.54) is 11.1 Å². The van der Waals surface area contributed by atoms with E-state index in [1.807, 2.05) is 18.3 Å². The van der Waals surface area contributed by atoms with Crippen molar-refractivity contribution in [2.45, 2.75) is 33.6 Å². The number of piperidine rings is 1. The first-order valence-corrected chi connectivity index (χ1v) is 10.3. The summed E-state index contributed by atoms with van der Waals surface area (Å²) in [6.45, 7) is 8.58. The second kappa shape index (κ2) is 8.30. The molecule has 0 atom stereocenters. The number of hydrogen-bond acceptors (Lipinski definition) is 6. The van der Waals surface area contributed by atoms with Gasteiger partial charge in [-0.05, 0) is 51.3 Å². The highest BCUT2D eigenvalue weighted by molar-refractivity contribution is 5.95. The van der Waals surface area contributed by atoms with Crippen molar-refractivity contribution < 1.29 is 9.47 Å². The Morgan fingerprint density at radius 3 is 2.30 bits per heavy atom. The maximum atomic E-state index is 5.48. The van der Waals surface area contributed by atoms with Crippen LogP contribution in [0.3, 0.4) is 0 Å². The lowest BCUT2D eigenvalue weighted by molar-refractivity contribution is 0.356. The van der Waals surface area contributed by atoms with Crippen LogP contribution < -0.4 is 14.4 Å². The number of anilines is 1. The molecule has 1 aliphatic rings. The zero-order valence-corrected chi connectivity index (χ0v) is 18.3. The Morgan fingerprint density at radius 2 is 1.67 bits per heavy atom. The lowest BCUT2D eigenvalue weighted by atomic mass is 9.98. The Morgan fingerprint density at radius 1 is 0.967 bits per heavy atom. The van der Waals surface area contributed by atoms with Gasteiger partial charge in [0.15, 0.2) is 11.5 Å². The number of allylic oxidation sites excluding steroid dienone is 1. The molecule has 30 heavy (non-hydrogen) atoms. The van der Waals surface area contributed by atoms with Crippen molar-refractivity contribution in [1.82, 2.24) is 15.2 Å². The van der Waals surface area contributed by atoms with Crippen molar-refractivity contribution in [2.24, 2.45) is 0 Å². The second-order valence-electron chi connectivity index (χ2n) is 7.94. The zero-order valence-electron chi connectivity index (χ0n) is 18.3. The van der Waals surface area contributed by atoms with Crippen molar-refractivity contribution in [1.29, 1.82) is 0 Å². The van der Waals surface area contributed by atoms with Gasteiger partial charge in [0.25, 0.3) is 0 Å². The number of aryl methyl sites for hydroxylation is 1. The summed E-state index contributed by atoms with van der Waals surface area (Å²) in [4.78, 5) is 7.23. The molecular formula is C24H28N4O2. The number of fused-ring (bicyclic) bond motifs is 1. The van der Waals surface area contributed by atoms with Crippen molar-refractivity contribution >= 4 is 16.7 Å². The van der Waals surface area contributed by atoms with Gasteiger partial charge in [-0.3, -0.25) is 0 Å². The highest BCUT2D eigenvalue weighted by Gasteiger charge is 2.19. The molecule has 0 spiro atoms. The molecule has 0 unspecified atom stereocenters. The Balaban J connectivity index is 1.70. The van der Waals surface area contributed by atoms with E-state index >= 15 is 0 Å². The molecule has 0 N–H and O–H groups in total.